The zero-order chi connectivity index (χ0) is 20.4. The van der Waals surface area contributed by atoms with Crippen molar-refractivity contribution < 1.29 is 23.5 Å². The van der Waals surface area contributed by atoms with Crippen molar-refractivity contribution in [2.24, 2.45) is 5.92 Å². The lowest BCUT2D eigenvalue weighted by Crippen LogP contribution is -2.55. The number of urea groups is 1. The average molecular weight is 396 g/mol. The first-order valence-electron chi connectivity index (χ1n) is 9.15. The summed E-state index contributed by atoms with van der Waals surface area (Å²) in [6.45, 7) is 2.55. The molecular weight excluding hydrogens is 376 g/mol. The number of carbonyl (C=O) groups excluding carboxylic acids is 2. The summed E-state index contributed by atoms with van der Waals surface area (Å²) < 4.78 is 16.2. The molecule has 2 unspecified atom stereocenters. The van der Waals surface area contributed by atoms with Crippen LogP contribution in [0.2, 0.25) is 0 Å². The van der Waals surface area contributed by atoms with Gasteiger partial charge in [-0.3, -0.25) is 10.1 Å². The van der Waals surface area contributed by atoms with Crippen LogP contribution in [-0.2, 0) is 9.53 Å². The number of methoxy groups -OCH3 is 1. The molecule has 4 rings (SSSR count). The van der Waals surface area contributed by atoms with Gasteiger partial charge in [-0.1, -0.05) is 19.1 Å². The SMILES string of the molecule is COCCN1C(=O)NC(=O)C(C)C1c1ccc(Oc2ncnc3occc23)cc1. The van der Waals surface area contributed by atoms with E-state index in [0.29, 0.717) is 35.9 Å². The van der Waals surface area contributed by atoms with Crippen molar-refractivity contribution in [3.63, 3.8) is 0 Å². The molecule has 0 spiro atoms. The molecule has 29 heavy (non-hydrogen) atoms. The summed E-state index contributed by atoms with van der Waals surface area (Å²) in [7, 11) is 1.57. The number of fused-ring (bicyclic) bond motifs is 1. The van der Waals surface area contributed by atoms with Gasteiger partial charge in [0.1, 0.15) is 17.5 Å². The largest absolute Gasteiger partial charge is 0.446 e. The molecule has 3 aromatic rings. The highest BCUT2D eigenvalue weighted by Crippen LogP contribution is 2.34. The second-order valence-electron chi connectivity index (χ2n) is 6.70. The molecule has 3 amide bonds. The maximum absolute atomic E-state index is 12.3. The van der Waals surface area contributed by atoms with E-state index in [0.717, 1.165) is 5.56 Å². The van der Waals surface area contributed by atoms with Gasteiger partial charge >= 0.3 is 6.03 Å². The predicted octanol–water partition coefficient (Wildman–Crippen LogP) is 2.89. The number of aromatic nitrogens is 2. The maximum Gasteiger partial charge on any atom is 0.324 e. The minimum Gasteiger partial charge on any atom is -0.446 e. The standard InChI is InChI=1S/C20H20N4O5/c1-12-16(24(8-10-27-2)20(26)23-17(12)25)13-3-5-14(6-4-13)29-19-15-7-9-28-18(15)21-11-22-19/h3-7,9,11-12,16H,8,10H2,1-2H3,(H,23,25,26). The average Bonchev–Trinajstić information content (AvgIpc) is 3.20. The summed E-state index contributed by atoms with van der Waals surface area (Å²) in [6, 6.07) is 8.18. The first-order valence-corrected chi connectivity index (χ1v) is 9.15. The van der Waals surface area contributed by atoms with Crippen molar-refractivity contribution in [2.75, 3.05) is 20.3 Å². The summed E-state index contributed by atoms with van der Waals surface area (Å²) in [5, 5.41) is 3.06. The summed E-state index contributed by atoms with van der Waals surface area (Å²) in [4.78, 5) is 34.3. The lowest BCUT2D eigenvalue weighted by molar-refractivity contribution is -0.127. The Morgan fingerprint density at radius 3 is 2.72 bits per heavy atom. The van der Waals surface area contributed by atoms with Crippen LogP contribution in [0, 0.1) is 5.92 Å². The van der Waals surface area contributed by atoms with Gasteiger partial charge in [0.25, 0.3) is 0 Å². The van der Waals surface area contributed by atoms with Crippen LogP contribution >= 0.6 is 0 Å². The van der Waals surface area contributed by atoms with E-state index in [-0.39, 0.29) is 11.9 Å². The highest BCUT2D eigenvalue weighted by atomic mass is 16.5. The molecule has 1 aliphatic heterocycles. The number of amides is 3. The smallest absolute Gasteiger partial charge is 0.324 e. The van der Waals surface area contributed by atoms with E-state index in [9.17, 15) is 9.59 Å². The maximum atomic E-state index is 12.3. The zero-order valence-electron chi connectivity index (χ0n) is 16.0. The number of rotatable bonds is 6. The van der Waals surface area contributed by atoms with Crippen molar-refractivity contribution in [3.05, 3.63) is 48.5 Å². The van der Waals surface area contributed by atoms with E-state index in [4.69, 9.17) is 13.9 Å². The van der Waals surface area contributed by atoms with Gasteiger partial charge in [-0.05, 0) is 23.8 Å². The number of benzene rings is 1. The van der Waals surface area contributed by atoms with Crippen LogP contribution in [0.15, 0.2) is 47.3 Å². The van der Waals surface area contributed by atoms with Crippen molar-refractivity contribution in [3.8, 4) is 11.6 Å². The lowest BCUT2D eigenvalue weighted by Gasteiger charge is -2.39. The fourth-order valence-corrected chi connectivity index (χ4v) is 3.42. The monoisotopic (exact) mass is 396 g/mol. The fraction of sp³-hybridized carbons (Fsp3) is 0.300. The number of ether oxygens (including phenoxy) is 2. The molecule has 2 aromatic heterocycles. The van der Waals surface area contributed by atoms with Gasteiger partial charge in [-0.25, -0.2) is 14.8 Å². The topological polar surface area (TPSA) is 107 Å². The summed E-state index contributed by atoms with van der Waals surface area (Å²) in [6.07, 6.45) is 2.90. The molecule has 3 heterocycles. The van der Waals surface area contributed by atoms with Gasteiger partial charge in [0.15, 0.2) is 0 Å². The van der Waals surface area contributed by atoms with Crippen LogP contribution in [0.5, 0.6) is 11.6 Å². The number of hydrogen-bond donors (Lipinski definition) is 1. The van der Waals surface area contributed by atoms with E-state index in [1.54, 1.807) is 37.1 Å². The third kappa shape index (κ3) is 3.64. The Hall–Kier alpha value is -3.46. The Morgan fingerprint density at radius 2 is 1.97 bits per heavy atom. The van der Waals surface area contributed by atoms with E-state index >= 15 is 0 Å². The Bertz CT molecular complexity index is 1030. The first-order chi connectivity index (χ1) is 14.1. The molecule has 0 saturated carbocycles. The first kappa shape index (κ1) is 18.9. The molecule has 0 aliphatic carbocycles. The Balaban J connectivity index is 1.59. The van der Waals surface area contributed by atoms with Gasteiger partial charge in [-0.15, -0.1) is 0 Å². The van der Waals surface area contributed by atoms with Crippen LogP contribution in [0.4, 0.5) is 4.79 Å². The van der Waals surface area contributed by atoms with Crippen molar-refractivity contribution in [1.82, 2.24) is 20.2 Å². The number of hydrogen-bond acceptors (Lipinski definition) is 7. The second-order valence-corrected chi connectivity index (χ2v) is 6.70. The minimum absolute atomic E-state index is 0.294. The highest BCUT2D eigenvalue weighted by molar-refractivity contribution is 5.98. The molecule has 1 N–H and O–H groups in total. The third-order valence-electron chi connectivity index (χ3n) is 4.91. The van der Waals surface area contributed by atoms with E-state index < -0.39 is 11.9 Å². The van der Waals surface area contributed by atoms with Crippen LogP contribution < -0.4 is 10.1 Å². The normalized spacial score (nSPS) is 19.4. The van der Waals surface area contributed by atoms with E-state index in [1.807, 2.05) is 12.1 Å². The number of imide groups is 1. The number of furan rings is 1. The molecular formula is C20H20N4O5. The summed E-state index contributed by atoms with van der Waals surface area (Å²) in [5.41, 5.74) is 1.28. The zero-order valence-corrected chi connectivity index (χ0v) is 16.0. The molecule has 1 fully saturated rings. The molecule has 9 nitrogen and oxygen atoms in total. The Labute approximate surface area is 166 Å². The van der Waals surface area contributed by atoms with Gasteiger partial charge in [0.05, 0.1) is 24.8 Å². The molecule has 2 atom stereocenters. The molecule has 1 saturated heterocycles. The van der Waals surface area contributed by atoms with Crippen molar-refractivity contribution in [2.45, 2.75) is 13.0 Å². The molecule has 1 aromatic carbocycles. The quantitative estimate of drug-likeness (QED) is 0.683. The van der Waals surface area contributed by atoms with Gasteiger partial charge in [-0.2, -0.15) is 0 Å². The van der Waals surface area contributed by atoms with Crippen LogP contribution in [0.25, 0.3) is 11.1 Å². The molecule has 0 radical (unpaired) electrons. The molecule has 9 heteroatoms. The fourth-order valence-electron chi connectivity index (χ4n) is 3.42. The molecule has 0 bridgehead atoms. The second kappa shape index (κ2) is 7.88. The van der Waals surface area contributed by atoms with E-state index in [2.05, 4.69) is 15.3 Å². The number of nitrogens with one attached hydrogen (secondary N) is 1. The minimum atomic E-state index is -0.418. The van der Waals surface area contributed by atoms with E-state index in [1.165, 1.54) is 12.6 Å². The highest BCUT2D eigenvalue weighted by Gasteiger charge is 2.39. The van der Waals surface area contributed by atoms with Crippen LogP contribution in [0.1, 0.15) is 18.5 Å². The number of carbonyl (C=O) groups is 2. The molecule has 150 valence electrons. The molecule has 1 aliphatic rings. The third-order valence-corrected chi connectivity index (χ3v) is 4.91. The number of nitrogens with zero attached hydrogens (tertiary/aromatic N) is 3. The lowest BCUT2D eigenvalue weighted by atomic mass is 9.90. The Morgan fingerprint density at radius 1 is 1.17 bits per heavy atom. The van der Waals surface area contributed by atoms with Gasteiger partial charge in [0.2, 0.25) is 17.5 Å². The van der Waals surface area contributed by atoms with Crippen LogP contribution in [0.3, 0.4) is 0 Å². The van der Waals surface area contributed by atoms with Gasteiger partial charge in [0, 0.05) is 13.7 Å². The summed E-state index contributed by atoms with van der Waals surface area (Å²) in [5.74, 6) is 0.262. The van der Waals surface area contributed by atoms with Gasteiger partial charge < -0.3 is 18.8 Å². The van der Waals surface area contributed by atoms with Crippen molar-refractivity contribution >= 4 is 23.0 Å². The van der Waals surface area contributed by atoms with Crippen LogP contribution in [-0.4, -0.2) is 47.1 Å². The van der Waals surface area contributed by atoms with Crippen molar-refractivity contribution in [1.29, 1.82) is 0 Å². The summed E-state index contributed by atoms with van der Waals surface area (Å²) >= 11 is 0. The Kier molecular flexibility index (Phi) is 5.13. The predicted molar refractivity (Wildman–Crippen MR) is 102 cm³/mol.